The minimum atomic E-state index is 0.114. The zero-order valence-electron chi connectivity index (χ0n) is 9.81. The van der Waals surface area contributed by atoms with E-state index in [2.05, 4.69) is 41.0 Å². The van der Waals surface area contributed by atoms with Crippen LogP contribution in [0.4, 0.5) is 0 Å². The zero-order chi connectivity index (χ0) is 13.9. The molecule has 20 heavy (non-hydrogen) atoms. The Morgan fingerprint density at radius 3 is 2.85 bits per heavy atom. The van der Waals surface area contributed by atoms with Gasteiger partial charge < -0.3 is 0 Å². The smallest absolute Gasteiger partial charge is 0.223 e. The molecule has 0 amide bonds. The van der Waals surface area contributed by atoms with Gasteiger partial charge in [-0.2, -0.15) is 24.7 Å². The number of hydrogen-bond acceptors (Lipinski definition) is 6. The summed E-state index contributed by atoms with van der Waals surface area (Å²) in [6.07, 6.45) is 2.90. The summed E-state index contributed by atoms with van der Waals surface area (Å²) >= 11 is 10.7. The van der Waals surface area contributed by atoms with Crippen molar-refractivity contribution >= 4 is 39.3 Å². The van der Waals surface area contributed by atoms with Crippen molar-refractivity contribution in [1.29, 1.82) is 0 Å². The predicted octanol–water partition coefficient (Wildman–Crippen LogP) is 3.02. The number of benzene rings is 1. The molecule has 100 valence electrons. The summed E-state index contributed by atoms with van der Waals surface area (Å²) in [6.45, 7) is 0. The van der Waals surface area contributed by atoms with E-state index in [1.807, 2.05) is 24.3 Å². The fraction of sp³-hybridized carbons (Fsp3) is 0. The second-order valence-corrected chi connectivity index (χ2v) is 5.88. The van der Waals surface area contributed by atoms with Crippen molar-refractivity contribution < 1.29 is 0 Å². The Balaban J connectivity index is 1.94. The van der Waals surface area contributed by atoms with Crippen LogP contribution >= 0.6 is 39.3 Å². The van der Waals surface area contributed by atoms with Crippen molar-refractivity contribution in [2.24, 2.45) is 0 Å². The van der Waals surface area contributed by atoms with Gasteiger partial charge in [0.1, 0.15) is 12.7 Å². The molecular weight excluding hydrogens is 364 g/mol. The lowest BCUT2D eigenvalue weighted by Crippen LogP contribution is -2.04. The average molecular weight is 370 g/mol. The second-order valence-electron chi connectivity index (χ2n) is 3.59. The van der Waals surface area contributed by atoms with Crippen LogP contribution in [-0.4, -0.2) is 29.7 Å². The third kappa shape index (κ3) is 3.14. The monoisotopic (exact) mass is 368 g/mol. The first-order valence-corrected chi connectivity index (χ1v) is 7.39. The molecule has 0 spiro atoms. The highest BCUT2D eigenvalue weighted by Gasteiger charge is 2.09. The van der Waals surface area contributed by atoms with Gasteiger partial charge in [-0.25, -0.2) is 4.98 Å². The lowest BCUT2D eigenvalue weighted by atomic mass is 10.4. The number of rotatable bonds is 3. The number of halogens is 2. The SMILES string of the molecule is Clc1nc(Sc2cccc(Br)c2)nc(-n2cncn2)n1. The largest absolute Gasteiger partial charge is 0.257 e. The minimum absolute atomic E-state index is 0.114. The molecule has 1 aromatic carbocycles. The van der Waals surface area contributed by atoms with Crippen LogP contribution in [0.5, 0.6) is 0 Å². The first-order valence-electron chi connectivity index (χ1n) is 5.41. The van der Waals surface area contributed by atoms with Crippen LogP contribution in [0.15, 0.2) is 51.4 Å². The Bertz CT molecular complexity index is 736. The highest BCUT2D eigenvalue weighted by Crippen LogP contribution is 2.27. The summed E-state index contributed by atoms with van der Waals surface area (Å²) < 4.78 is 2.41. The highest BCUT2D eigenvalue weighted by atomic mass is 79.9. The van der Waals surface area contributed by atoms with Gasteiger partial charge in [-0.05, 0) is 41.6 Å². The standard InChI is InChI=1S/C11H6BrClN6S/c12-7-2-1-3-8(4-7)20-11-17-9(13)16-10(18-11)19-6-14-5-15-19/h1-6H. The van der Waals surface area contributed by atoms with Gasteiger partial charge in [-0.15, -0.1) is 0 Å². The van der Waals surface area contributed by atoms with Crippen LogP contribution in [0.2, 0.25) is 5.28 Å². The van der Waals surface area contributed by atoms with E-state index in [9.17, 15) is 0 Å². The normalized spacial score (nSPS) is 10.7. The van der Waals surface area contributed by atoms with E-state index in [0.29, 0.717) is 11.1 Å². The van der Waals surface area contributed by atoms with E-state index in [1.54, 1.807) is 0 Å². The quantitative estimate of drug-likeness (QED) is 0.707. The molecule has 6 nitrogen and oxygen atoms in total. The van der Waals surface area contributed by atoms with Gasteiger partial charge in [0.2, 0.25) is 5.28 Å². The van der Waals surface area contributed by atoms with E-state index in [1.165, 1.54) is 29.1 Å². The van der Waals surface area contributed by atoms with E-state index in [-0.39, 0.29) is 5.28 Å². The third-order valence-electron chi connectivity index (χ3n) is 2.20. The number of hydrogen-bond donors (Lipinski definition) is 0. The molecule has 3 rings (SSSR count). The second kappa shape index (κ2) is 5.86. The molecule has 0 fully saturated rings. The highest BCUT2D eigenvalue weighted by molar-refractivity contribution is 9.10. The molecule has 0 radical (unpaired) electrons. The topological polar surface area (TPSA) is 69.4 Å². The maximum Gasteiger partial charge on any atom is 0.257 e. The molecule has 9 heteroatoms. The van der Waals surface area contributed by atoms with Gasteiger partial charge >= 0.3 is 0 Å². The molecule has 2 aromatic heterocycles. The zero-order valence-corrected chi connectivity index (χ0v) is 13.0. The summed E-state index contributed by atoms with van der Waals surface area (Å²) in [5.41, 5.74) is 0. The molecule has 2 heterocycles. The molecule has 0 aliphatic carbocycles. The summed E-state index contributed by atoms with van der Waals surface area (Å²) in [6, 6.07) is 7.82. The summed E-state index contributed by atoms with van der Waals surface area (Å²) in [5.74, 6) is 0.333. The van der Waals surface area contributed by atoms with Crippen LogP contribution in [0.25, 0.3) is 5.95 Å². The fourth-order valence-corrected chi connectivity index (χ4v) is 2.98. The Hall–Kier alpha value is -1.51. The van der Waals surface area contributed by atoms with Crippen LogP contribution in [-0.2, 0) is 0 Å². The first kappa shape index (κ1) is 13.5. The van der Waals surface area contributed by atoms with Crippen molar-refractivity contribution in [3.8, 4) is 5.95 Å². The van der Waals surface area contributed by atoms with Crippen molar-refractivity contribution in [3.63, 3.8) is 0 Å². The van der Waals surface area contributed by atoms with Crippen LogP contribution in [0, 0.1) is 0 Å². The van der Waals surface area contributed by atoms with Crippen molar-refractivity contribution in [2.75, 3.05) is 0 Å². The van der Waals surface area contributed by atoms with Gasteiger partial charge in [0.05, 0.1) is 0 Å². The lowest BCUT2D eigenvalue weighted by molar-refractivity contribution is 0.757. The molecule has 0 atom stereocenters. The molecule has 0 saturated carbocycles. The molecule has 0 N–H and O–H groups in total. The molecule has 3 aromatic rings. The molecule has 0 bridgehead atoms. The number of aromatic nitrogens is 6. The predicted molar refractivity (Wildman–Crippen MR) is 78.0 cm³/mol. The molecule has 0 saturated heterocycles. The van der Waals surface area contributed by atoms with Crippen LogP contribution < -0.4 is 0 Å². The van der Waals surface area contributed by atoms with Gasteiger partial charge in [0.15, 0.2) is 5.16 Å². The third-order valence-corrected chi connectivity index (χ3v) is 3.72. The van der Waals surface area contributed by atoms with E-state index < -0.39 is 0 Å². The minimum Gasteiger partial charge on any atom is -0.223 e. The molecule has 0 aliphatic rings. The Morgan fingerprint density at radius 2 is 2.10 bits per heavy atom. The van der Waals surface area contributed by atoms with E-state index in [0.717, 1.165) is 9.37 Å². The van der Waals surface area contributed by atoms with Crippen molar-refractivity contribution in [2.45, 2.75) is 10.1 Å². The average Bonchev–Trinajstić information content (AvgIpc) is 2.91. The maximum absolute atomic E-state index is 5.92. The van der Waals surface area contributed by atoms with Crippen LogP contribution in [0.1, 0.15) is 0 Å². The van der Waals surface area contributed by atoms with E-state index >= 15 is 0 Å². The maximum atomic E-state index is 5.92. The van der Waals surface area contributed by atoms with Crippen LogP contribution in [0.3, 0.4) is 0 Å². The molecular formula is C11H6BrClN6S. The van der Waals surface area contributed by atoms with Crippen molar-refractivity contribution in [1.82, 2.24) is 29.7 Å². The Morgan fingerprint density at radius 1 is 1.20 bits per heavy atom. The van der Waals surface area contributed by atoms with Crippen molar-refractivity contribution in [3.05, 3.63) is 46.7 Å². The molecule has 0 unspecified atom stereocenters. The summed E-state index contributed by atoms with van der Waals surface area (Å²) in [5, 5.41) is 4.58. The summed E-state index contributed by atoms with van der Waals surface area (Å²) in [7, 11) is 0. The van der Waals surface area contributed by atoms with Gasteiger partial charge in [0, 0.05) is 9.37 Å². The summed E-state index contributed by atoms with van der Waals surface area (Å²) in [4.78, 5) is 17.3. The van der Waals surface area contributed by atoms with Gasteiger partial charge in [-0.1, -0.05) is 22.0 Å². The molecule has 0 aliphatic heterocycles. The van der Waals surface area contributed by atoms with E-state index in [4.69, 9.17) is 11.6 Å². The van der Waals surface area contributed by atoms with Gasteiger partial charge in [-0.3, -0.25) is 0 Å². The number of nitrogens with zero attached hydrogens (tertiary/aromatic N) is 6. The lowest BCUT2D eigenvalue weighted by Gasteiger charge is -2.03. The Labute approximate surface area is 131 Å². The van der Waals surface area contributed by atoms with Gasteiger partial charge in [0.25, 0.3) is 5.95 Å². The Kier molecular flexibility index (Phi) is 3.95. The first-order chi connectivity index (χ1) is 9.70. The fourth-order valence-electron chi connectivity index (χ4n) is 1.42.